The molecule has 2 N–H and O–H groups in total. The minimum absolute atomic E-state index is 0.238. The lowest BCUT2D eigenvalue weighted by atomic mass is 10.1. The number of H-pyrrole nitrogens is 2. The lowest BCUT2D eigenvalue weighted by Crippen LogP contribution is -2.28. The van der Waals surface area contributed by atoms with E-state index in [1.165, 1.54) is 0 Å². The molecule has 0 aliphatic rings. The Morgan fingerprint density at radius 2 is 1.57 bits per heavy atom. The zero-order chi connectivity index (χ0) is 15.2. The summed E-state index contributed by atoms with van der Waals surface area (Å²) in [7, 11) is 0. The van der Waals surface area contributed by atoms with Gasteiger partial charge in [-0.2, -0.15) is 0 Å². The first-order valence-electron chi connectivity index (χ1n) is 7.67. The van der Waals surface area contributed by atoms with E-state index >= 15 is 0 Å². The maximum absolute atomic E-state index is 12.2. The molecule has 0 atom stereocenters. The van der Waals surface area contributed by atoms with Gasteiger partial charge in [-0.15, -0.1) is 0 Å². The molecule has 0 unspecified atom stereocenters. The number of nitrogens with one attached hydrogen (secondary N) is 2. The Bertz CT molecular complexity index is 694. The van der Waals surface area contributed by atoms with Crippen LogP contribution in [0.2, 0.25) is 0 Å². The summed E-state index contributed by atoms with van der Waals surface area (Å²) in [5, 5.41) is 5.76. The Labute approximate surface area is 124 Å². The average Bonchev–Trinajstić information content (AvgIpc) is 2.51. The molecule has 1 aromatic carbocycles. The van der Waals surface area contributed by atoms with E-state index in [-0.39, 0.29) is 11.1 Å². The molecule has 1 heterocycles. The van der Waals surface area contributed by atoms with Crippen molar-refractivity contribution in [2.75, 3.05) is 18.0 Å². The quantitative estimate of drug-likeness (QED) is 0.823. The number of nitrogens with zero attached hydrogens (tertiary/aromatic N) is 1. The number of anilines is 1. The van der Waals surface area contributed by atoms with E-state index in [2.05, 4.69) is 28.9 Å². The predicted molar refractivity (Wildman–Crippen MR) is 87.2 cm³/mol. The van der Waals surface area contributed by atoms with Crippen molar-refractivity contribution in [1.29, 1.82) is 0 Å². The Kier molecular flexibility index (Phi) is 5.20. The molecule has 2 rings (SSSR count). The third-order valence-corrected chi connectivity index (χ3v) is 3.71. The minimum Gasteiger partial charge on any atom is -0.371 e. The van der Waals surface area contributed by atoms with Crippen LogP contribution < -0.4 is 16.0 Å². The molecule has 1 aromatic heterocycles. The zero-order valence-electron chi connectivity index (χ0n) is 12.7. The minimum atomic E-state index is -0.252. The van der Waals surface area contributed by atoms with E-state index in [0.29, 0.717) is 10.8 Å². The number of rotatable bonds is 7. The Morgan fingerprint density at radius 3 is 2.19 bits per heavy atom. The van der Waals surface area contributed by atoms with Crippen LogP contribution in [0, 0.1) is 0 Å². The second kappa shape index (κ2) is 7.11. The van der Waals surface area contributed by atoms with Gasteiger partial charge in [0.2, 0.25) is 0 Å². The highest BCUT2D eigenvalue weighted by atomic mass is 16.1. The first-order valence-corrected chi connectivity index (χ1v) is 7.67. The molecule has 0 radical (unpaired) electrons. The van der Waals surface area contributed by atoms with Crippen molar-refractivity contribution in [3.63, 3.8) is 0 Å². The van der Waals surface area contributed by atoms with Crippen molar-refractivity contribution >= 4 is 16.5 Å². The Balaban J connectivity index is 2.53. The number of unbranched alkanes of at least 4 members (excludes halogenated alkanes) is 2. The number of hydrogen-bond donors (Lipinski definition) is 2. The zero-order valence-corrected chi connectivity index (χ0v) is 12.7. The van der Waals surface area contributed by atoms with E-state index in [1.807, 2.05) is 12.1 Å². The van der Waals surface area contributed by atoms with Crippen LogP contribution in [0.1, 0.15) is 39.5 Å². The maximum atomic E-state index is 12.2. The standard InChI is InChI=1S/C16H23N3O2/c1-3-5-10-19(11-6-4-2)13-9-7-8-12-14(13)16(21)18-17-15(12)20/h7-9H,3-6,10-11H2,1-2H3,(H,17,20)(H,18,21). The van der Waals surface area contributed by atoms with Crippen LogP contribution in [0.25, 0.3) is 10.8 Å². The molecule has 0 aliphatic heterocycles. The first kappa shape index (κ1) is 15.4. The van der Waals surface area contributed by atoms with E-state index in [1.54, 1.807) is 6.07 Å². The van der Waals surface area contributed by atoms with Crippen molar-refractivity contribution in [1.82, 2.24) is 10.2 Å². The summed E-state index contributed by atoms with van der Waals surface area (Å²) >= 11 is 0. The fraction of sp³-hybridized carbons (Fsp3) is 0.500. The van der Waals surface area contributed by atoms with Gasteiger partial charge in [0.1, 0.15) is 0 Å². The van der Waals surface area contributed by atoms with Crippen molar-refractivity contribution in [3.8, 4) is 0 Å². The smallest absolute Gasteiger partial charge is 0.272 e. The molecule has 0 bridgehead atoms. The molecule has 0 saturated carbocycles. The average molecular weight is 289 g/mol. The third kappa shape index (κ3) is 3.35. The van der Waals surface area contributed by atoms with Crippen molar-refractivity contribution in [2.24, 2.45) is 0 Å². The number of hydrogen-bond acceptors (Lipinski definition) is 3. The van der Waals surface area contributed by atoms with Gasteiger partial charge in [0.05, 0.1) is 16.5 Å². The van der Waals surface area contributed by atoms with Crippen LogP contribution in [-0.4, -0.2) is 23.3 Å². The predicted octanol–water partition coefficient (Wildman–Crippen LogP) is 2.62. The lowest BCUT2D eigenvalue weighted by molar-refractivity contribution is 0.679. The van der Waals surface area contributed by atoms with E-state index < -0.39 is 0 Å². The highest BCUT2D eigenvalue weighted by Crippen LogP contribution is 2.22. The van der Waals surface area contributed by atoms with Crippen molar-refractivity contribution in [2.45, 2.75) is 39.5 Å². The topological polar surface area (TPSA) is 69.0 Å². The van der Waals surface area contributed by atoms with Crippen molar-refractivity contribution in [3.05, 3.63) is 38.9 Å². The molecule has 5 heteroatoms. The van der Waals surface area contributed by atoms with Gasteiger partial charge in [0, 0.05) is 13.1 Å². The molecular formula is C16H23N3O2. The molecule has 21 heavy (non-hydrogen) atoms. The summed E-state index contributed by atoms with van der Waals surface area (Å²) in [6, 6.07) is 5.48. The van der Waals surface area contributed by atoms with Gasteiger partial charge < -0.3 is 4.90 Å². The second-order valence-electron chi connectivity index (χ2n) is 5.30. The van der Waals surface area contributed by atoms with E-state index in [0.717, 1.165) is 44.5 Å². The normalized spacial score (nSPS) is 11.0. The van der Waals surface area contributed by atoms with E-state index in [4.69, 9.17) is 0 Å². The number of fused-ring (bicyclic) bond motifs is 1. The first-order chi connectivity index (χ1) is 10.2. The summed E-state index contributed by atoms with van der Waals surface area (Å²) < 4.78 is 0. The fourth-order valence-corrected chi connectivity index (χ4v) is 2.53. The van der Waals surface area contributed by atoms with Gasteiger partial charge in [-0.1, -0.05) is 32.8 Å². The molecular weight excluding hydrogens is 266 g/mol. The molecule has 5 nitrogen and oxygen atoms in total. The van der Waals surface area contributed by atoms with Crippen molar-refractivity contribution < 1.29 is 0 Å². The molecule has 2 aromatic rings. The largest absolute Gasteiger partial charge is 0.371 e. The van der Waals surface area contributed by atoms with Gasteiger partial charge in [-0.3, -0.25) is 19.8 Å². The molecule has 0 fully saturated rings. The van der Waals surface area contributed by atoms with Crippen LogP contribution in [0.15, 0.2) is 27.8 Å². The summed E-state index contributed by atoms with van der Waals surface area (Å²) in [6.07, 6.45) is 4.34. The monoisotopic (exact) mass is 289 g/mol. The lowest BCUT2D eigenvalue weighted by Gasteiger charge is -2.25. The number of aromatic nitrogens is 2. The Hall–Kier alpha value is -2.04. The van der Waals surface area contributed by atoms with Gasteiger partial charge in [0.25, 0.3) is 11.1 Å². The van der Waals surface area contributed by atoms with E-state index in [9.17, 15) is 9.59 Å². The molecule has 114 valence electrons. The van der Waals surface area contributed by atoms with Gasteiger partial charge >= 0.3 is 0 Å². The third-order valence-electron chi connectivity index (χ3n) is 3.71. The second-order valence-corrected chi connectivity index (χ2v) is 5.30. The molecule has 0 aliphatic carbocycles. The SMILES string of the molecule is CCCCN(CCCC)c1cccc2c(=O)[nH][nH]c(=O)c12. The van der Waals surface area contributed by atoms with Gasteiger partial charge in [0.15, 0.2) is 0 Å². The van der Waals surface area contributed by atoms with Crippen LogP contribution in [0.5, 0.6) is 0 Å². The Morgan fingerprint density at radius 1 is 0.952 bits per heavy atom. The van der Waals surface area contributed by atoms with Gasteiger partial charge in [-0.05, 0) is 25.0 Å². The molecule has 0 spiro atoms. The van der Waals surface area contributed by atoms with Crippen LogP contribution in [0.4, 0.5) is 5.69 Å². The molecule has 0 amide bonds. The van der Waals surface area contributed by atoms with Gasteiger partial charge in [-0.25, -0.2) is 0 Å². The van der Waals surface area contributed by atoms with Crippen LogP contribution in [0.3, 0.4) is 0 Å². The summed E-state index contributed by atoms with van der Waals surface area (Å²) in [5.74, 6) is 0. The highest BCUT2D eigenvalue weighted by molar-refractivity contribution is 5.92. The van der Waals surface area contributed by atoms with Crippen LogP contribution >= 0.6 is 0 Å². The summed E-state index contributed by atoms with van der Waals surface area (Å²) in [6.45, 7) is 6.11. The fourth-order valence-electron chi connectivity index (χ4n) is 2.53. The molecule has 0 saturated heterocycles. The maximum Gasteiger partial charge on any atom is 0.272 e. The highest BCUT2D eigenvalue weighted by Gasteiger charge is 2.13. The summed E-state index contributed by atoms with van der Waals surface area (Å²) in [5.41, 5.74) is 0.373. The summed E-state index contributed by atoms with van der Waals surface area (Å²) in [4.78, 5) is 26.3. The number of benzene rings is 1. The van der Waals surface area contributed by atoms with Crippen LogP contribution in [-0.2, 0) is 0 Å². The number of aromatic amines is 2.